The summed E-state index contributed by atoms with van der Waals surface area (Å²) in [5, 5.41) is 7.06. The zero-order valence-electron chi connectivity index (χ0n) is 10.6. The first-order valence-electron chi connectivity index (χ1n) is 6.61. The zero-order chi connectivity index (χ0) is 12.1. The van der Waals surface area contributed by atoms with Crippen molar-refractivity contribution in [1.82, 2.24) is 15.5 Å². The normalized spacial score (nSPS) is 27.9. The lowest BCUT2D eigenvalue weighted by Gasteiger charge is -2.32. The van der Waals surface area contributed by atoms with Crippen LogP contribution < -0.4 is 10.6 Å². The molecule has 5 heteroatoms. The zero-order valence-corrected chi connectivity index (χ0v) is 11.4. The predicted molar refractivity (Wildman–Crippen MR) is 72.4 cm³/mol. The van der Waals surface area contributed by atoms with Gasteiger partial charge in [0.1, 0.15) is 0 Å². The molecule has 2 heterocycles. The number of thioether (sulfide) groups is 1. The molecule has 2 aliphatic heterocycles. The highest BCUT2D eigenvalue weighted by atomic mass is 32.2. The van der Waals surface area contributed by atoms with E-state index in [2.05, 4.69) is 15.5 Å². The van der Waals surface area contributed by atoms with Gasteiger partial charge in [0.2, 0.25) is 5.91 Å². The monoisotopic (exact) mass is 257 g/mol. The van der Waals surface area contributed by atoms with Gasteiger partial charge in [-0.25, -0.2) is 0 Å². The molecule has 2 aliphatic rings. The van der Waals surface area contributed by atoms with Crippen molar-refractivity contribution < 1.29 is 4.79 Å². The molecule has 98 valence electrons. The molecule has 0 bridgehead atoms. The Kier molecular flexibility index (Phi) is 5.13. The van der Waals surface area contributed by atoms with Gasteiger partial charge in [-0.15, -0.1) is 0 Å². The number of hydrogen-bond acceptors (Lipinski definition) is 4. The molecule has 2 rings (SSSR count). The van der Waals surface area contributed by atoms with Gasteiger partial charge in [-0.3, -0.25) is 9.69 Å². The minimum absolute atomic E-state index is 0.0171. The Bertz CT molecular complexity index is 250. The van der Waals surface area contributed by atoms with Gasteiger partial charge in [0.25, 0.3) is 0 Å². The number of nitrogens with zero attached hydrogens (tertiary/aromatic N) is 1. The van der Waals surface area contributed by atoms with Crippen molar-refractivity contribution in [3.05, 3.63) is 0 Å². The molecular formula is C12H23N3OS. The van der Waals surface area contributed by atoms with Crippen molar-refractivity contribution in [2.45, 2.75) is 31.1 Å². The van der Waals surface area contributed by atoms with E-state index in [0.717, 1.165) is 32.7 Å². The second kappa shape index (κ2) is 6.61. The van der Waals surface area contributed by atoms with E-state index in [1.54, 1.807) is 0 Å². The summed E-state index contributed by atoms with van der Waals surface area (Å²) in [5.41, 5.74) is 0. The Balaban J connectivity index is 1.70. The Morgan fingerprint density at radius 1 is 1.53 bits per heavy atom. The molecule has 0 radical (unpaired) electrons. The van der Waals surface area contributed by atoms with Crippen molar-refractivity contribution in [3.8, 4) is 0 Å². The number of hydrogen-bond donors (Lipinski definition) is 2. The molecule has 1 amide bonds. The van der Waals surface area contributed by atoms with Gasteiger partial charge in [-0.05, 0) is 25.5 Å². The molecule has 0 aromatic rings. The second-order valence-electron chi connectivity index (χ2n) is 4.84. The summed E-state index contributed by atoms with van der Waals surface area (Å²) in [4.78, 5) is 14.3. The Morgan fingerprint density at radius 2 is 2.29 bits per heavy atom. The standard InChI is InChI=1S/C12H23N3OS/c1-10(15-6-4-13-5-7-15)12(16)14-9-11-3-2-8-17-11/h10-11,13H,2-9H2,1H3,(H,14,16). The fourth-order valence-electron chi connectivity index (χ4n) is 2.40. The second-order valence-corrected chi connectivity index (χ2v) is 6.25. The van der Waals surface area contributed by atoms with E-state index in [9.17, 15) is 4.79 Å². The predicted octanol–water partition coefficient (Wildman–Crippen LogP) is 0.292. The van der Waals surface area contributed by atoms with E-state index in [-0.39, 0.29) is 11.9 Å². The number of amides is 1. The number of carbonyl (C=O) groups is 1. The van der Waals surface area contributed by atoms with Crippen LogP contribution in [0.5, 0.6) is 0 Å². The molecule has 0 aromatic heterocycles. The molecule has 0 spiro atoms. The maximum absolute atomic E-state index is 12.0. The molecule has 17 heavy (non-hydrogen) atoms. The molecule has 0 saturated carbocycles. The lowest BCUT2D eigenvalue weighted by Crippen LogP contribution is -2.53. The minimum Gasteiger partial charge on any atom is -0.354 e. The number of piperazine rings is 1. The Hall–Kier alpha value is -0.260. The van der Waals surface area contributed by atoms with Gasteiger partial charge >= 0.3 is 0 Å². The van der Waals surface area contributed by atoms with E-state index in [1.165, 1.54) is 18.6 Å². The molecule has 2 atom stereocenters. The Labute approximate surface area is 108 Å². The quantitative estimate of drug-likeness (QED) is 0.760. The van der Waals surface area contributed by atoms with E-state index in [0.29, 0.717) is 5.25 Å². The summed E-state index contributed by atoms with van der Waals surface area (Å²) in [6, 6.07) is 0.0171. The van der Waals surface area contributed by atoms with E-state index >= 15 is 0 Å². The smallest absolute Gasteiger partial charge is 0.237 e. The molecule has 0 aromatic carbocycles. The summed E-state index contributed by atoms with van der Waals surface area (Å²) in [6.45, 7) is 6.81. The first kappa shape index (κ1) is 13.2. The fraction of sp³-hybridized carbons (Fsp3) is 0.917. The number of nitrogens with one attached hydrogen (secondary N) is 2. The lowest BCUT2D eigenvalue weighted by atomic mass is 10.2. The van der Waals surface area contributed by atoms with Gasteiger partial charge < -0.3 is 10.6 Å². The van der Waals surface area contributed by atoms with Crippen molar-refractivity contribution >= 4 is 17.7 Å². The van der Waals surface area contributed by atoms with E-state index in [4.69, 9.17) is 0 Å². The largest absolute Gasteiger partial charge is 0.354 e. The SMILES string of the molecule is CC(C(=O)NCC1CCCS1)N1CCNCC1. The summed E-state index contributed by atoms with van der Waals surface area (Å²) in [5.74, 6) is 1.45. The maximum atomic E-state index is 12.0. The van der Waals surface area contributed by atoms with Gasteiger partial charge in [-0.1, -0.05) is 0 Å². The van der Waals surface area contributed by atoms with Crippen molar-refractivity contribution in [2.75, 3.05) is 38.5 Å². The van der Waals surface area contributed by atoms with Gasteiger partial charge in [0.15, 0.2) is 0 Å². The first-order chi connectivity index (χ1) is 8.27. The molecule has 2 fully saturated rings. The third kappa shape index (κ3) is 3.86. The molecule has 2 saturated heterocycles. The maximum Gasteiger partial charge on any atom is 0.237 e. The average Bonchev–Trinajstić information content (AvgIpc) is 2.89. The first-order valence-corrected chi connectivity index (χ1v) is 7.66. The lowest BCUT2D eigenvalue weighted by molar-refractivity contribution is -0.126. The van der Waals surface area contributed by atoms with Crippen LogP contribution >= 0.6 is 11.8 Å². The van der Waals surface area contributed by atoms with Crippen molar-refractivity contribution in [1.29, 1.82) is 0 Å². The van der Waals surface area contributed by atoms with Crippen LogP contribution in [-0.4, -0.2) is 60.6 Å². The molecule has 4 nitrogen and oxygen atoms in total. The topological polar surface area (TPSA) is 44.4 Å². The van der Waals surface area contributed by atoms with E-state index < -0.39 is 0 Å². The highest BCUT2D eigenvalue weighted by Crippen LogP contribution is 2.25. The van der Waals surface area contributed by atoms with Gasteiger partial charge in [0, 0.05) is 38.0 Å². The van der Waals surface area contributed by atoms with Gasteiger partial charge in [-0.2, -0.15) is 11.8 Å². The highest BCUT2D eigenvalue weighted by Gasteiger charge is 2.23. The van der Waals surface area contributed by atoms with Crippen LogP contribution in [0.2, 0.25) is 0 Å². The molecule has 0 aliphatic carbocycles. The third-order valence-corrected chi connectivity index (χ3v) is 5.00. The Morgan fingerprint density at radius 3 is 2.94 bits per heavy atom. The van der Waals surface area contributed by atoms with Crippen LogP contribution in [0.3, 0.4) is 0 Å². The van der Waals surface area contributed by atoms with Crippen LogP contribution in [0.1, 0.15) is 19.8 Å². The number of carbonyl (C=O) groups excluding carboxylic acids is 1. The highest BCUT2D eigenvalue weighted by molar-refractivity contribution is 8.00. The van der Waals surface area contributed by atoms with Crippen LogP contribution in [-0.2, 0) is 4.79 Å². The average molecular weight is 257 g/mol. The summed E-state index contributed by atoms with van der Waals surface area (Å²) < 4.78 is 0. The number of rotatable bonds is 4. The summed E-state index contributed by atoms with van der Waals surface area (Å²) >= 11 is 1.99. The van der Waals surface area contributed by atoms with Crippen LogP contribution in [0.4, 0.5) is 0 Å². The molecular weight excluding hydrogens is 234 g/mol. The van der Waals surface area contributed by atoms with Crippen molar-refractivity contribution in [3.63, 3.8) is 0 Å². The van der Waals surface area contributed by atoms with Crippen LogP contribution in [0.15, 0.2) is 0 Å². The van der Waals surface area contributed by atoms with Gasteiger partial charge in [0.05, 0.1) is 6.04 Å². The third-order valence-electron chi connectivity index (χ3n) is 3.61. The van der Waals surface area contributed by atoms with Crippen molar-refractivity contribution in [2.24, 2.45) is 0 Å². The molecule has 2 N–H and O–H groups in total. The van der Waals surface area contributed by atoms with E-state index in [1.807, 2.05) is 18.7 Å². The summed E-state index contributed by atoms with van der Waals surface area (Å²) in [7, 11) is 0. The minimum atomic E-state index is 0.0171. The molecule has 2 unspecified atom stereocenters. The van der Waals surface area contributed by atoms with Crippen LogP contribution in [0, 0.1) is 0 Å². The summed E-state index contributed by atoms with van der Waals surface area (Å²) in [6.07, 6.45) is 2.56. The fourth-order valence-corrected chi connectivity index (χ4v) is 3.60. The van der Waals surface area contributed by atoms with Crippen LogP contribution in [0.25, 0.3) is 0 Å².